The van der Waals surface area contributed by atoms with Gasteiger partial charge in [-0.1, -0.05) is 24.3 Å². The van der Waals surface area contributed by atoms with E-state index in [2.05, 4.69) is 10.6 Å². The fourth-order valence-corrected chi connectivity index (χ4v) is 4.62. The lowest BCUT2D eigenvalue weighted by Gasteiger charge is -2.35. The van der Waals surface area contributed by atoms with Gasteiger partial charge in [-0.25, -0.2) is 9.18 Å². The lowest BCUT2D eigenvalue weighted by molar-refractivity contribution is -0.376. The highest BCUT2D eigenvalue weighted by Gasteiger charge is 2.71. The molecule has 3 amide bonds. The molecule has 8 nitrogen and oxygen atoms in total. The average Bonchev–Trinajstić information content (AvgIpc) is 2.90. The molecule has 4 N–H and O–H groups in total. The monoisotopic (exact) mass is 592 g/mol. The lowest BCUT2D eigenvalue weighted by Crippen LogP contribution is -2.53. The van der Waals surface area contributed by atoms with Gasteiger partial charge >= 0.3 is 18.4 Å². The van der Waals surface area contributed by atoms with E-state index in [4.69, 9.17) is 0 Å². The number of urea groups is 1. The van der Waals surface area contributed by atoms with Crippen LogP contribution in [0.4, 0.5) is 41.2 Å². The summed E-state index contributed by atoms with van der Waals surface area (Å²) >= 11 is 0. The number of aliphatic hydroxyl groups excluding tert-OH is 1. The smallest absolute Gasteiger partial charge is 0.391 e. The third-order valence-electron chi connectivity index (χ3n) is 7.28. The molecule has 0 radical (unpaired) electrons. The van der Waals surface area contributed by atoms with Crippen LogP contribution in [0, 0.1) is 5.82 Å². The van der Waals surface area contributed by atoms with Crippen molar-refractivity contribution in [1.29, 1.82) is 0 Å². The number of amides is 3. The molecule has 1 heterocycles. The Morgan fingerprint density at radius 3 is 2.00 bits per heavy atom. The summed E-state index contributed by atoms with van der Waals surface area (Å²) < 4.78 is 93.1. The van der Waals surface area contributed by atoms with E-state index in [1.165, 1.54) is 17.0 Å². The number of halogens is 7. The van der Waals surface area contributed by atoms with Gasteiger partial charge in [0.1, 0.15) is 5.82 Å². The van der Waals surface area contributed by atoms with Crippen LogP contribution >= 0.6 is 0 Å². The first-order valence-corrected chi connectivity index (χ1v) is 12.6. The SMILES string of the molecule is O=C(Nc1ccc(C(=O)N2CCN(Cc3ccc(C(O)(C(F)(F)F)C(F)(F)F)cc3)CC2)cc1F)NC1CCC1O. The molecule has 0 spiro atoms. The van der Waals surface area contributed by atoms with Crippen LogP contribution in [-0.2, 0) is 12.1 Å². The molecular formula is C26H27F7N4O4. The van der Waals surface area contributed by atoms with Gasteiger partial charge in [0.2, 0.25) is 0 Å². The minimum atomic E-state index is -5.97. The molecule has 1 saturated carbocycles. The van der Waals surface area contributed by atoms with Crippen molar-refractivity contribution in [3.8, 4) is 0 Å². The van der Waals surface area contributed by atoms with Crippen molar-refractivity contribution in [3.05, 3.63) is 65.0 Å². The van der Waals surface area contributed by atoms with Crippen LogP contribution in [0.15, 0.2) is 42.5 Å². The molecule has 41 heavy (non-hydrogen) atoms. The fourth-order valence-electron chi connectivity index (χ4n) is 4.62. The Morgan fingerprint density at radius 2 is 1.51 bits per heavy atom. The molecule has 0 bridgehead atoms. The molecule has 4 rings (SSSR count). The summed E-state index contributed by atoms with van der Waals surface area (Å²) in [4.78, 5) is 28.2. The van der Waals surface area contributed by atoms with Gasteiger partial charge in [-0.2, -0.15) is 26.3 Å². The Labute approximate surface area is 229 Å². The zero-order valence-electron chi connectivity index (χ0n) is 21.4. The molecule has 2 unspecified atom stereocenters. The zero-order valence-corrected chi connectivity index (χ0v) is 21.4. The van der Waals surface area contributed by atoms with Crippen LogP contribution in [0.25, 0.3) is 0 Å². The number of nitrogens with zero attached hydrogens (tertiary/aromatic N) is 2. The number of hydrogen-bond acceptors (Lipinski definition) is 5. The van der Waals surface area contributed by atoms with Gasteiger partial charge in [0, 0.05) is 43.9 Å². The van der Waals surface area contributed by atoms with Crippen molar-refractivity contribution in [2.45, 2.75) is 49.5 Å². The van der Waals surface area contributed by atoms with Crippen molar-refractivity contribution in [2.75, 3.05) is 31.5 Å². The quantitative estimate of drug-likeness (QED) is 0.383. The Bertz CT molecular complexity index is 1250. The molecule has 2 atom stereocenters. The van der Waals surface area contributed by atoms with Gasteiger partial charge in [-0.05, 0) is 36.6 Å². The first-order chi connectivity index (χ1) is 19.1. The summed E-state index contributed by atoms with van der Waals surface area (Å²) in [6, 6.07) is 5.83. The van der Waals surface area contributed by atoms with E-state index in [-0.39, 0.29) is 30.9 Å². The number of piperazine rings is 1. The van der Waals surface area contributed by atoms with Crippen molar-refractivity contribution in [1.82, 2.24) is 15.1 Å². The van der Waals surface area contributed by atoms with Crippen LogP contribution in [0.1, 0.15) is 34.3 Å². The second kappa shape index (κ2) is 11.4. The van der Waals surface area contributed by atoms with E-state index in [1.807, 2.05) is 4.90 Å². The highest BCUT2D eigenvalue weighted by atomic mass is 19.4. The Balaban J connectivity index is 1.31. The van der Waals surface area contributed by atoms with Gasteiger partial charge in [0.05, 0.1) is 17.8 Å². The number of alkyl halides is 6. The van der Waals surface area contributed by atoms with Gasteiger partial charge in [0.25, 0.3) is 11.5 Å². The number of hydrogen-bond donors (Lipinski definition) is 4. The van der Waals surface area contributed by atoms with Crippen LogP contribution in [0.5, 0.6) is 0 Å². The second-order valence-corrected chi connectivity index (χ2v) is 10.0. The highest BCUT2D eigenvalue weighted by molar-refractivity contribution is 5.95. The summed E-state index contributed by atoms with van der Waals surface area (Å²) in [5.41, 5.74) is -6.03. The third kappa shape index (κ3) is 6.41. The van der Waals surface area contributed by atoms with Crippen LogP contribution < -0.4 is 10.6 Å². The van der Waals surface area contributed by atoms with Gasteiger partial charge in [-0.15, -0.1) is 0 Å². The number of anilines is 1. The molecule has 2 aromatic carbocycles. The molecule has 1 saturated heterocycles. The van der Waals surface area contributed by atoms with Crippen LogP contribution in [0.3, 0.4) is 0 Å². The summed E-state index contributed by atoms with van der Waals surface area (Å²) in [7, 11) is 0. The van der Waals surface area contributed by atoms with Crippen molar-refractivity contribution >= 4 is 17.6 Å². The predicted octanol–water partition coefficient (Wildman–Crippen LogP) is 3.74. The van der Waals surface area contributed by atoms with Gasteiger partial charge < -0.3 is 25.7 Å². The van der Waals surface area contributed by atoms with E-state index in [9.17, 15) is 50.5 Å². The van der Waals surface area contributed by atoms with Crippen molar-refractivity contribution < 1.29 is 50.5 Å². The number of aliphatic hydroxyl groups is 2. The van der Waals surface area contributed by atoms with E-state index >= 15 is 0 Å². The van der Waals surface area contributed by atoms with Crippen LogP contribution in [-0.4, -0.2) is 82.6 Å². The van der Waals surface area contributed by atoms with Crippen molar-refractivity contribution in [2.24, 2.45) is 0 Å². The summed E-state index contributed by atoms with van der Waals surface area (Å²) in [6.45, 7) is 1.29. The van der Waals surface area contributed by atoms with E-state index in [1.54, 1.807) is 0 Å². The third-order valence-corrected chi connectivity index (χ3v) is 7.28. The summed E-state index contributed by atoms with van der Waals surface area (Å²) in [6.07, 6.45) is -11.4. The summed E-state index contributed by atoms with van der Waals surface area (Å²) in [5, 5.41) is 23.9. The molecule has 15 heteroatoms. The fraction of sp³-hybridized carbons (Fsp3) is 0.462. The molecule has 224 valence electrons. The zero-order chi connectivity index (χ0) is 30.2. The highest BCUT2D eigenvalue weighted by Crippen LogP contribution is 2.50. The van der Waals surface area contributed by atoms with E-state index in [0.717, 1.165) is 18.2 Å². The second-order valence-electron chi connectivity index (χ2n) is 10.0. The van der Waals surface area contributed by atoms with Crippen molar-refractivity contribution in [3.63, 3.8) is 0 Å². The Kier molecular flexibility index (Phi) is 8.52. The van der Waals surface area contributed by atoms with Gasteiger partial charge in [0.15, 0.2) is 0 Å². The Morgan fingerprint density at radius 1 is 0.902 bits per heavy atom. The molecule has 2 aromatic rings. The largest absolute Gasteiger partial charge is 0.430 e. The number of carbonyl (C=O) groups excluding carboxylic acids is 2. The average molecular weight is 593 g/mol. The number of rotatable bonds is 6. The Hall–Kier alpha value is -3.43. The predicted molar refractivity (Wildman–Crippen MR) is 131 cm³/mol. The maximum atomic E-state index is 14.6. The number of benzene rings is 2. The normalized spacial score (nSPS) is 20.4. The minimum absolute atomic E-state index is 0.0497. The standard InChI is InChI=1S/C26H27F7N4O4/c27-18-13-16(3-6-19(18)34-23(40)35-20-7-8-21(20)38)22(39)37-11-9-36(10-12-37)14-15-1-4-17(5-2-15)24(41,25(28,29)30)26(31,32)33/h1-6,13,20-21,38,41H,7-12,14H2,(H2,34,35,40). The number of carbonyl (C=O) groups is 2. The molecular weight excluding hydrogens is 565 g/mol. The first-order valence-electron chi connectivity index (χ1n) is 12.6. The number of nitrogens with one attached hydrogen (secondary N) is 2. The molecule has 2 aliphatic rings. The maximum absolute atomic E-state index is 14.6. The molecule has 0 aromatic heterocycles. The summed E-state index contributed by atoms with van der Waals surface area (Å²) in [5.74, 6) is -1.29. The molecule has 2 fully saturated rings. The van der Waals surface area contributed by atoms with Crippen LogP contribution in [0.2, 0.25) is 0 Å². The lowest BCUT2D eigenvalue weighted by atomic mass is 9.89. The maximum Gasteiger partial charge on any atom is 0.430 e. The van der Waals surface area contributed by atoms with E-state index in [0.29, 0.717) is 43.6 Å². The van der Waals surface area contributed by atoms with E-state index < -0.39 is 53.4 Å². The molecule has 1 aliphatic heterocycles. The topological polar surface area (TPSA) is 105 Å². The minimum Gasteiger partial charge on any atom is -0.391 e. The first kappa shape index (κ1) is 30.5. The van der Waals surface area contributed by atoms with Gasteiger partial charge in [-0.3, -0.25) is 9.69 Å². The molecule has 1 aliphatic carbocycles.